The second-order valence-corrected chi connectivity index (χ2v) is 3.69. The summed E-state index contributed by atoms with van der Waals surface area (Å²) in [7, 11) is 0. The number of rotatable bonds is 2. The van der Waals surface area contributed by atoms with Crippen LogP contribution in [0.15, 0.2) is 30.3 Å². The van der Waals surface area contributed by atoms with Gasteiger partial charge < -0.3 is 0 Å². The van der Waals surface area contributed by atoms with Crippen molar-refractivity contribution in [2.45, 2.75) is 20.3 Å². The van der Waals surface area contributed by atoms with Gasteiger partial charge in [0.2, 0.25) is 0 Å². The fraction of sp³-hybridized carbons (Fsp3) is 0.308. The summed E-state index contributed by atoms with van der Waals surface area (Å²) in [6.07, 6.45) is 5.70. The van der Waals surface area contributed by atoms with E-state index in [0.29, 0.717) is 5.92 Å². The molecule has 1 aromatic rings. The Balaban J connectivity index is 0.000000980. The summed E-state index contributed by atoms with van der Waals surface area (Å²) >= 11 is 0. The molecule has 14 heavy (non-hydrogen) atoms. The molecule has 1 aliphatic carbocycles. The molecule has 1 heteroatoms. The topological polar surface area (TPSA) is 0 Å². The summed E-state index contributed by atoms with van der Waals surface area (Å²) in [5.74, 6) is 0.680. The third kappa shape index (κ3) is 2.08. The molecule has 0 amide bonds. The van der Waals surface area contributed by atoms with E-state index >= 15 is 0 Å². The Morgan fingerprint density at radius 2 is 1.93 bits per heavy atom. The maximum Gasteiger partial charge on any atom is 0.0134 e. The van der Waals surface area contributed by atoms with E-state index in [9.17, 15) is 0 Å². The molecule has 1 radical (unpaired) electrons. The molecule has 1 unspecified atom stereocenters. The first-order valence-corrected chi connectivity index (χ1v) is 4.97. The maximum absolute atomic E-state index is 2.29. The Morgan fingerprint density at radius 3 is 2.64 bits per heavy atom. The Morgan fingerprint density at radius 1 is 1.21 bits per heavy atom. The smallest absolute Gasteiger partial charge is 0.0134 e. The minimum Gasteiger partial charge on any atom is -0.0720 e. The van der Waals surface area contributed by atoms with Gasteiger partial charge in [0, 0.05) is 32.3 Å². The Kier molecular flexibility index (Phi) is 4.31. The molecule has 1 aromatic carbocycles. The third-order valence-electron chi connectivity index (χ3n) is 2.86. The molecule has 0 aromatic heterocycles. The summed E-state index contributed by atoms with van der Waals surface area (Å²) in [6, 6.07) is 8.62. The first-order chi connectivity index (χ1) is 6.33. The number of hydrogen-bond donors (Lipinski definition) is 0. The fourth-order valence-electron chi connectivity index (χ4n) is 1.82. The van der Waals surface area contributed by atoms with E-state index in [1.165, 1.54) is 23.1 Å². The first-order valence-electron chi connectivity index (χ1n) is 4.97. The van der Waals surface area contributed by atoms with Crippen LogP contribution in [0.2, 0.25) is 0 Å². The number of hydrogen-bond acceptors (Lipinski definition) is 0. The van der Waals surface area contributed by atoms with Gasteiger partial charge in [-0.1, -0.05) is 44.2 Å². The Labute approximate surface area is 105 Å². The molecule has 1 aliphatic rings. The van der Waals surface area contributed by atoms with Crippen LogP contribution in [0.5, 0.6) is 0 Å². The molecule has 0 N–H and O–H groups in total. The summed E-state index contributed by atoms with van der Waals surface area (Å²) in [5, 5.41) is 0. The summed E-state index contributed by atoms with van der Waals surface area (Å²) in [5.41, 5.74) is 4.30. The van der Waals surface area contributed by atoms with Gasteiger partial charge in [0.15, 0.2) is 0 Å². The molecule has 0 heterocycles. The van der Waals surface area contributed by atoms with E-state index < -0.39 is 0 Å². The van der Waals surface area contributed by atoms with Crippen molar-refractivity contribution in [2.75, 3.05) is 0 Å². The van der Waals surface area contributed by atoms with Crippen LogP contribution in [0.4, 0.5) is 0 Å². The van der Waals surface area contributed by atoms with Crippen molar-refractivity contribution in [3.05, 3.63) is 47.9 Å². The average Bonchev–Trinajstić information content (AvgIpc) is 2.60. The van der Waals surface area contributed by atoms with Crippen LogP contribution < -0.4 is 0 Å². The van der Waals surface area contributed by atoms with Crippen molar-refractivity contribution in [1.29, 1.82) is 0 Å². The van der Waals surface area contributed by atoms with E-state index in [1.54, 1.807) is 0 Å². The standard InChI is InChI=1S/C13H15.Hf/c1-3-10(2)12-9-8-11-6-4-5-7-13(11)12;/h4-10H,3H2,1-2H3;. The molecular formula is C13H15Hf. The Hall–Kier alpha value is -0.170. The van der Waals surface area contributed by atoms with Gasteiger partial charge in [0.25, 0.3) is 0 Å². The van der Waals surface area contributed by atoms with Gasteiger partial charge in [-0.05, 0) is 29.0 Å². The van der Waals surface area contributed by atoms with Gasteiger partial charge in [-0.25, -0.2) is 0 Å². The van der Waals surface area contributed by atoms with Gasteiger partial charge in [-0.3, -0.25) is 0 Å². The zero-order valence-electron chi connectivity index (χ0n) is 8.75. The van der Waals surface area contributed by atoms with E-state index in [0.717, 1.165) is 0 Å². The van der Waals surface area contributed by atoms with Crippen LogP contribution in [0, 0.1) is 12.3 Å². The quantitative estimate of drug-likeness (QED) is 0.715. The zero-order chi connectivity index (χ0) is 9.26. The van der Waals surface area contributed by atoms with Crippen molar-refractivity contribution in [3.63, 3.8) is 0 Å². The predicted octanol–water partition coefficient (Wildman–Crippen LogP) is 3.68. The molecule has 71 valence electrons. The normalized spacial score (nSPS) is 15.4. The van der Waals surface area contributed by atoms with Crippen LogP contribution in [0.25, 0.3) is 5.57 Å². The molecule has 0 bridgehead atoms. The van der Waals surface area contributed by atoms with Crippen molar-refractivity contribution in [3.8, 4) is 0 Å². The zero-order valence-corrected chi connectivity index (χ0v) is 12.3. The minimum absolute atomic E-state index is 0. The van der Waals surface area contributed by atoms with Crippen LogP contribution in [-0.2, 0) is 25.8 Å². The van der Waals surface area contributed by atoms with Gasteiger partial charge in [0.05, 0.1) is 0 Å². The molecule has 0 spiro atoms. The predicted molar refractivity (Wildman–Crippen MR) is 57.3 cm³/mol. The average molecular weight is 350 g/mol. The summed E-state index contributed by atoms with van der Waals surface area (Å²) in [4.78, 5) is 0. The monoisotopic (exact) mass is 351 g/mol. The van der Waals surface area contributed by atoms with E-state index in [-0.39, 0.29) is 25.8 Å². The van der Waals surface area contributed by atoms with Gasteiger partial charge in [-0.2, -0.15) is 0 Å². The molecule has 0 aliphatic heterocycles. The van der Waals surface area contributed by atoms with E-state index in [2.05, 4.69) is 50.6 Å². The number of fused-ring (bicyclic) bond motifs is 1. The minimum atomic E-state index is 0. The van der Waals surface area contributed by atoms with Gasteiger partial charge >= 0.3 is 0 Å². The van der Waals surface area contributed by atoms with E-state index in [4.69, 9.17) is 0 Å². The van der Waals surface area contributed by atoms with Crippen LogP contribution in [0.3, 0.4) is 0 Å². The van der Waals surface area contributed by atoms with E-state index in [1.807, 2.05) is 0 Å². The Bertz CT molecular complexity index is 339. The first kappa shape index (κ1) is 11.9. The largest absolute Gasteiger partial charge is 0.0720 e. The molecule has 0 fully saturated rings. The van der Waals surface area contributed by atoms with Crippen molar-refractivity contribution < 1.29 is 25.8 Å². The third-order valence-corrected chi connectivity index (χ3v) is 2.86. The van der Waals surface area contributed by atoms with Gasteiger partial charge in [-0.15, -0.1) is 0 Å². The van der Waals surface area contributed by atoms with Crippen molar-refractivity contribution in [1.82, 2.24) is 0 Å². The summed E-state index contributed by atoms with van der Waals surface area (Å²) < 4.78 is 0. The number of allylic oxidation sites excluding steroid dienone is 2. The maximum atomic E-state index is 2.29. The second-order valence-electron chi connectivity index (χ2n) is 3.69. The van der Waals surface area contributed by atoms with Crippen molar-refractivity contribution in [2.24, 2.45) is 5.92 Å². The molecule has 0 saturated carbocycles. The van der Waals surface area contributed by atoms with Crippen LogP contribution in [-0.4, -0.2) is 0 Å². The SMILES string of the molecule is CCC(C)C1=C[CH]c2ccccc21.[Hf]. The van der Waals surface area contributed by atoms with Crippen LogP contribution in [0.1, 0.15) is 31.4 Å². The molecule has 2 rings (SSSR count). The van der Waals surface area contributed by atoms with Crippen LogP contribution >= 0.6 is 0 Å². The van der Waals surface area contributed by atoms with Gasteiger partial charge in [0.1, 0.15) is 0 Å². The molecule has 0 saturated heterocycles. The molecular weight excluding hydrogens is 335 g/mol. The van der Waals surface area contributed by atoms with Crippen molar-refractivity contribution >= 4 is 5.57 Å². The molecule has 0 nitrogen and oxygen atoms in total. The fourth-order valence-corrected chi connectivity index (χ4v) is 1.82. The summed E-state index contributed by atoms with van der Waals surface area (Å²) in [6.45, 7) is 4.54. The molecule has 1 atom stereocenters. The second kappa shape index (κ2) is 5.06. The number of benzene rings is 1.